The molecule has 0 unspecified atom stereocenters. The van der Waals surface area contributed by atoms with Gasteiger partial charge in [0.15, 0.2) is 0 Å². The van der Waals surface area contributed by atoms with E-state index in [2.05, 4.69) is 13.8 Å². The summed E-state index contributed by atoms with van der Waals surface area (Å²) < 4.78 is 17.2. The Hall–Kier alpha value is -3.34. The highest BCUT2D eigenvalue weighted by Gasteiger charge is 2.56. The maximum Gasteiger partial charge on any atom is 0.338 e. The van der Waals surface area contributed by atoms with Gasteiger partial charge in [0.2, 0.25) is 0 Å². The SMILES string of the molecule is C[C@]1(COC(=O)c2ccccc2)CCC[C@]2(C)[C@H](CCc3ccoc3)[C@H](COC(=O)c3ccccc3)CC[C@@H]12. The Morgan fingerprint density at radius 2 is 1.54 bits per heavy atom. The van der Waals surface area contributed by atoms with E-state index in [1.165, 1.54) is 5.56 Å². The van der Waals surface area contributed by atoms with Crippen LogP contribution in [-0.2, 0) is 15.9 Å². The van der Waals surface area contributed by atoms with Crippen molar-refractivity contribution in [1.29, 1.82) is 0 Å². The van der Waals surface area contributed by atoms with Crippen LogP contribution in [0.5, 0.6) is 0 Å². The van der Waals surface area contributed by atoms with E-state index in [0.717, 1.165) is 44.9 Å². The Morgan fingerprint density at radius 3 is 2.18 bits per heavy atom. The smallest absolute Gasteiger partial charge is 0.338 e. The van der Waals surface area contributed by atoms with Crippen LogP contribution in [0.1, 0.15) is 78.7 Å². The largest absolute Gasteiger partial charge is 0.472 e. The first-order valence-corrected chi connectivity index (χ1v) is 14.3. The van der Waals surface area contributed by atoms with Crippen LogP contribution in [0.25, 0.3) is 0 Å². The van der Waals surface area contributed by atoms with Crippen molar-refractivity contribution in [3.8, 4) is 0 Å². The summed E-state index contributed by atoms with van der Waals surface area (Å²) in [5, 5.41) is 0. The third-order valence-corrected chi connectivity index (χ3v) is 9.65. The number of hydrogen-bond donors (Lipinski definition) is 0. The van der Waals surface area contributed by atoms with E-state index in [-0.39, 0.29) is 22.8 Å². The topological polar surface area (TPSA) is 65.7 Å². The Kier molecular flexibility index (Phi) is 8.25. The van der Waals surface area contributed by atoms with E-state index in [1.54, 1.807) is 18.4 Å². The molecule has 2 fully saturated rings. The molecule has 2 aromatic carbocycles. The summed E-state index contributed by atoms with van der Waals surface area (Å²) in [7, 11) is 0. The van der Waals surface area contributed by atoms with E-state index in [9.17, 15) is 9.59 Å². The molecule has 1 heterocycles. The molecule has 39 heavy (non-hydrogen) atoms. The third kappa shape index (κ3) is 5.98. The predicted octanol–water partition coefficient (Wildman–Crippen LogP) is 7.77. The molecule has 5 atom stereocenters. The number of aryl methyl sites for hydroxylation is 1. The highest BCUT2D eigenvalue weighted by atomic mass is 16.5. The average molecular weight is 529 g/mol. The summed E-state index contributed by atoms with van der Waals surface area (Å²) in [4.78, 5) is 25.6. The number of rotatable bonds is 9. The van der Waals surface area contributed by atoms with Gasteiger partial charge in [-0.15, -0.1) is 0 Å². The maximum atomic E-state index is 12.8. The van der Waals surface area contributed by atoms with Gasteiger partial charge >= 0.3 is 11.9 Å². The number of carbonyl (C=O) groups excluding carboxylic acids is 2. The number of fused-ring (bicyclic) bond motifs is 1. The summed E-state index contributed by atoms with van der Waals surface area (Å²) in [5.41, 5.74) is 2.38. The van der Waals surface area contributed by atoms with Crippen molar-refractivity contribution in [2.75, 3.05) is 13.2 Å². The van der Waals surface area contributed by atoms with Gasteiger partial charge in [-0.2, -0.15) is 0 Å². The zero-order valence-electron chi connectivity index (χ0n) is 23.1. The maximum absolute atomic E-state index is 12.8. The molecular formula is C34H40O5. The predicted molar refractivity (Wildman–Crippen MR) is 150 cm³/mol. The molecule has 206 valence electrons. The van der Waals surface area contributed by atoms with E-state index in [0.29, 0.717) is 42.1 Å². The standard InChI is InChI=1S/C34H40O5/c1-33(24-39-32(36)27-12-7-4-8-13-27)19-9-20-34(2)29(16-14-25-18-21-37-22-25)28(15-17-30(33)34)23-38-31(35)26-10-5-3-6-11-26/h3-8,10-13,18,21-22,28-30H,9,14-17,19-20,23-24H2,1-2H3/t28-,29+,30-,33+,34+/m0/s1. The number of hydrogen-bond acceptors (Lipinski definition) is 5. The normalized spacial score (nSPS) is 28.3. The molecule has 5 heteroatoms. The fraction of sp³-hybridized carbons (Fsp3) is 0.471. The molecule has 1 aromatic heterocycles. The Morgan fingerprint density at radius 1 is 0.872 bits per heavy atom. The molecule has 0 N–H and O–H groups in total. The van der Waals surface area contributed by atoms with Gasteiger partial charge in [-0.25, -0.2) is 9.59 Å². The van der Waals surface area contributed by atoms with Crippen LogP contribution in [0.4, 0.5) is 0 Å². The minimum absolute atomic E-state index is 0.0674. The van der Waals surface area contributed by atoms with Crippen molar-refractivity contribution < 1.29 is 23.5 Å². The van der Waals surface area contributed by atoms with Gasteiger partial charge in [0.1, 0.15) is 0 Å². The zero-order chi connectivity index (χ0) is 27.3. The van der Waals surface area contributed by atoms with Gasteiger partial charge in [0.25, 0.3) is 0 Å². The van der Waals surface area contributed by atoms with Crippen LogP contribution < -0.4 is 0 Å². The van der Waals surface area contributed by atoms with Gasteiger partial charge in [-0.05, 0) is 97.6 Å². The van der Waals surface area contributed by atoms with Crippen molar-refractivity contribution >= 4 is 11.9 Å². The molecule has 0 amide bonds. The second kappa shape index (κ2) is 11.8. The number of furan rings is 1. The van der Waals surface area contributed by atoms with Gasteiger partial charge in [0, 0.05) is 5.41 Å². The van der Waals surface area contributed by atoms with Crippen LogP contribution in [0.2, 0.25) is 0 Å². The number of ether oxygens (including phenoxy) is 2. The Balaban J connectivity index is 1.33. The first kappa shape index (κ1) is 27.2. The fourth-order valence-electron chi connectivity index (χ4n) is 7.68. The van der Waals surface area contributed by atoms with Crippen LogP contribution in [0.15, 0.2) is 83.7 Å². The lowest BCUT2D eigenvalue weighted by atomic mass is 9.45. The summed E-state index contributed by atoms with van der Waals surface area (Å²) in [5.74, 6) is 0.608. The molecule has 0 spiro atoms. The first-order valence-electron chi connectivity index (χ1n) is 14.3. The van der Waals surface area contributed by atoms with Crippen LogP contribution in [0.3, 0.4) is 0 Å². The van der Waals surface area contributed by atoms with E-state index < -0.39 is 0 Å². The number of carbonyl (C=O) groups is 2. The van der Waals surface area contributed by atoms with Crippen molar-refractivity contribution in [1.82, 2.24) is 0 Å². The monoisotopic (exact) mass is 528 g/mol. The van der Waals surface area contributed by atoms with Gasteiger partial charge in [-0.1, -0.05) is 56.7 Å². The molecule has 0 radical (unpaired) electrons. The van der Waals surface area contributed by atoms with Crippen molar-refractivity contribution in [3.63, 3.8) is 0 Å². The van der Waals surface area contributed by atoms with E-state index >= 15 is 0 Å². The molecule has 3 aromatic rings. The number of esters is 2. The highest BCUT2D eigenvalue weighted by Crippen LogP contribution is 2.62. The highest BCUT2D eigenvalue weighted by molar-refractivity contribution is 5.89. The minimum atomic E-state index is -0.252. The lowest BCUT2D eigenvalue weighted by Gasteiger charge is -2.60. The minimum Gasteiger partial charge on any atom is -0.472 e. The van der Waals surface area contributed by atoms with Crippen molar-refractivity contribution in [2.45, 2.75) is 58.8 Å². The second-order valence-corrected chi connectivity index (χ2v) is 12.1. The Labute approximate surface area is 231 Å². The molecule has 5 nitrogen and oxygen atoms in total. The van der Waals surface area contributed by atoms with Crippen LogP contribution in [0, 0.1) is 28.6 Å². The summed E-state index contributed by atoms with van der Waals surface area (Å²) >= 11 is 0. The summed E-state index contributed by atoms with van der Waals surface area (Å²) in [6.07, 6.45) is 10.9. The van der Waals surface area contributed by atoms with E-state index in [4.69, 9.17) is 13.9 Å². The molecule has 0 bridgehead atoms. The molecule has 2 saturated carbocycles. The number of benzene rings is 2. The average Bonchev–Trinajstić information content (AvgIpc) is 3.48. The van der Waals surface area contributed by atoms with Gasteiger partial charge in [0.05, 0.1) is 36.9 Å². The molecule has 2 aliphatic rings. The van der Waals surface area contributed by atoms with Crippen molar-refractivity contribution in [2.24, 2.45) is 28.6 Å². The summed E-state index contributed by atoms with van der Waals surface area (Å²) in [6, 6.07) is 20.5. The van der Waals surface area contributed by atoms with E-state index in [1.807, 2.05) is 60.9 Å². The zero-order valence-corrected chi connectivity index (χ0v) is 23.1. The van der Waals surface area contributed by atoms with Gasteiger partial charge in [-0.3, -0.25) is 0 Å². The third-order valence-electron chi connectivity index (χ3n) is 9.65. The molecular weight excluding hydrogens is 488 g/mol. The van der Waals surface area contributed by atoms with Crippen LogP contribution >= 0.6 is 0 Å². The van der Waals surface area contributed by atoms with Gasteiger partial charge < -0.3 is 13.9 Å². The fourth-order valence-corrected chi connectivity index (χ4v) is 7.68. The Bertz CT molecular complexity index is 1220. The molecule has 5 rings (SSSR count). The molecule has 2 aliphatic carbocycles. The lowest BCUT2D eigenvalue weighted by molar-refractivity contribution is -0.130. The quantitative estimate of drug-likeness (QED) is 0.266. The lowest BCUT2D eigenvalue weighted by Crippen LogP contribution is -2.54. The second-order valence-electron chi connectivity index (χ2n) is 12.1. The first-order chi connectivity index (χ1) is 18.9. The van der Waals surface area contributed by atoms with Crippen molar-refractivity contribution in [3.05, 3.63) is 95.9 Å². The van der Waals surface area contributed by atoms with Crippen LogP contribution in [-0.4, -0.2) is 25.2 Å². The molecule has 0 aliphatic heterocycles. The molecule has 0 saturated heterocycles. The summed E-state index contributed by atoms with van der Waals surface area (Å²) in [6.45, 7) is 5.63.